The second kappa shape index (κ2) is 4.99. The van der Waals surface area contributed by atoms with E-state index in [-0.39, 0.29) is 5.82 Å². The summed E-state index contributed by atoms with van der Waals surface area (Å²) in [6.07, 6.45) is 1.09. The molecule has 0 amide bonds. The molecular weight excluding hydrogens is 209 g/mol. The van der Waals surface area contributed by atoms with Gasteiger partial charge in [-0.25, -0.2) is 4.39 Å². The summed E-state index contributed by atoms with van der Waals surface area (Å²) in [4.78, 5) is 0. The Morgan fingerprint density at radius 2 is 2.40 bits per heavy atom. The molecule has 0 aromatic heterocycles. The summed E-state index contributed by atoms with van der Waals surface area (Å²) in [6, 6.07) is 5.76. The van der Waals surface area contributed by atoms with Crippen molar-refractivity contribution in [3.05, 3.63) is 35.1 Å². The Bertz CT molecular complexity index is 340. The highest BCUT2D eigenvalue weighted by molar-refractivity contribution is 7.98. The zero-order valence-electron chi connectivity index (χ0n) is 8.92. The third kappa shape index (κ3) is 2.34. The van der Waals surface area contributed by atoms with Crippen molar-refractivity contribution in [2.45, 2.75) is 25.1 Å². The van der Waals surface area contributed by atoms with E-state index < -0.39 is 0 Å². The fraction of sp³-hybridized carbons (Fsp3) is 0.500. The van der Waals surface area contributed by atoms with E-state index in [1.165, 1.54) is 0 Å². The Labute approximate surface area is 94.5 Å². The number of halogens is 1. The van der Waals surface area contributed by atoms with E-state index >= 15 is 0 Å². The number of benzene rings is 1. The van der Waals surface area contributed by atoms with Crippen molar-refractivity contribution in [3.63, 3.8) is 0 Å². The van der Waals surface area contributed by atoms with Crippen LogP contribution in [0.1, 0.15) is 30.5 Å². The van der Waals surface area contributed by atoms with Gasteiger partial charge < -0.3 is 5.32 Å². The third-order valence-electron chi connectivity index (χ3n) is 2.78. The van der Waals surface area contributed by atoms with Gasteiger partial charge in [0, 0.05) is 17.4 Å². The summed E-state index contributed by atoms with van der Waals surface area (Å²) in [5.74, 6) is 1.86. The Balaban J connectivity index is 2.36. The summed E-state index contributed by atoms with van der Waals surface area (Å²) in [5.41, 5.74) is 2.05. The van der Waals surface area contributed by atoms with Crippen LogP contribution in [0.3, 0.4) is 0 Å². The fourth-order valence-electron chi connectivity index (χ4n) is 2.04. The molecule has 1 N–H and O–H groups in total. The fourth-order valence-corrected chi connectivity index (χ4v) is 3.10. The van der Waals surface area contributed by atoms with Crippen LogP contribution in [0.5, 0.6) is 0 Å². The first kappa shape index (κ1) is 11.0. The highest BCUT2D eigenvalue weighted by Crippen LogP contribution is 2.31. The van der Waals surface area contributed by atoms with Crippen molar-refractivity contribution in [3.8, 4) is 0 Å². The molecule has 0 aliphatic carbocycles. The predicted molar refractivity (Wildman–Crippen MR) is 63.6 cm³/mol. The molecule has 0 fully saturated rings. The Morgan fingerprint density at radius 3 is 3.20 bits per heavy atom. The van der Waals surface area contributed by atoms with Crippen molar-refractivity contribution < 1.29 is 4.39 Å². The van der Waals surface area contributed by atoms with E-state index in [4.69, 9.17) is 0 Å². The first-order valence-corrected chi connectivity index (χ1v) is 6.56. The topological polar surface area (TPSA) is 12.0 Å². The zero-order valence-corrected chi connectivity index (χ0v) is 9.74. The lowest BCUT2D eigenvalue weighted by molar-refractivity contribution is 0.533. The van der Waals surface area contributed by atoms with Crippen LogP contribution in [-0.4, -0.2) is 12.3 Å². The SMILES string of the molecule is CCNC1CCSCc2c(F)cccc21. The third-order valence-corrected chi connectivity index (χ3v) is 3.80. The Kier molecular flexibility index (Phi) is 3.65. The van der Waals surface area contributed by atoms with Crippen LogP contribution in [0.25, 0.3) is 0 Å². The average molecular weight is 225 g/mol. The molecule has 82 valence electrons. The van der Waals surface area contributed by atoms with Gasteiger partial charge in [0.25, 0.3) is 0 Å². The monoisotopic (exact) mass is 225 g/mol. The molecule has 0 spiro atoms. The average Bonchev–Trinajstić information content (AvgIpc) is 2.43. The van der Waals surface area contributed by atoms with Gasteiger partial charge in [0.2, 0.25) is 0 Å². The summed E-state index contributed by atoms with van der Waals surface area (Å²) >= 11 is 1.82. The number of rotatable bonds is 2. The van der Waals surface area contributed by atoms with Gasteiger partial charge in [-0.05, 0) is 30.3 Å². The van der Waals surface area contributed by atoms with Crippen molar-refractivity contribution in [2.24, 2.45) is 0 Å². The predicted octanol–water partition coefficient (Wildman–Crippen LogP) is 3.11. The summed E-state index contributed by atoms with van der Waals surface area (Å²) in [7, 11) is 0. The number of fused-ring (bicyclic) bond motifs is 1. The molecule has 1 aromatic carbocycles. The quantitative estimate of drug-likeness (QED) is 0.830. The highest BCUT2D eigenvalue weighted by Gasteiger charge is 2.19. The van der Waals surface area contributed by atoms with Crippen molar-refractivity contribution in [1.82, 2.24) is 5.32 Å². The summed E-state index contributed by atoms with van der Waals surface area (Å²) in [5, 5.41) is 3.43. The van der Waals surface area contributed by atoms with Gasteiger partial charge in [0.1, 0.15) is 5.82 Å². The van der Waals surface area contributed by atoms with Gasteiger partial charge in [-0.2, -0.15) is 11.8 Å². The molecule has 0 bridgehead atoms. The van der Waals surface area contributed by atoms with E-state index in [0.29, 0.717) is 6.04 Å². The molecule has 3 heteroatoms. The largest absolute Gasteiger partial charge is 0.310 e. The van der Waals surface area contributed by atoms with Crippen LogP contribution in [0.2, 0.25) is 0 Å². The van der Waals surface area contributed by atoms with Crippen molar-refractivity contribution in [1.29, 1.82) is 0 Å². The molecule has 15 heavy (non-hydrogen) atoms. The maximum atomic E-state index is 13.6. The molecule has 2 rings (SSSR count). The van der Waals surface area contributed by atoms with Gasteiger partial charge in [-0.3, -0.25) is 0 Å². The lowest BCUT2D eigenvalue weighted by Gasteiger charge is -2.18. The molecule has 1 unspecified atom stereocenters. The van der Waals surface area contributed by atoms with Crippen LogP contribution < -0.4 is 5.32 Å². The van der Waals surface area contributed by atoms with Crippen LogP contribution >= 0.6 is 11.8 Å². The molecule has 1 heterocycles. The lowest BCUT2D eigenvalue weighted by atomic mass is 9.99. The highest BCUT2D eigenvalue weighted by atomic mass is 32.2. The minimum Gasteiger partial charge on any atom is -0.310 e. The second-order valence-electron chi connectivity index (χ2n) is 3.76. The van der Waals surface area contributed by atoms with E-state index in [1.54, 1.807) is 6.07 Å². The molecule has 0 saturated heterocycles. The molecule has 1 nitrogen and oxygen atoms in total. The Hall–Kier alpha value is -0.540. The standard InChI is InChI=1S/C12H16FNS/c1-2-14-12-6-7-15-8-10-9(12)4-3-5-11(10)13/h3-5,12,14H,2,6-8H2,1H3. The normalized spacial score (nSPS) is 20.8. The molecule has 1 aromatic rings. The summed E-state index contributed by atoms with van der Waals surface area (Å²) < 4.78 is 13.6. The molecule has 0 radical (unpaired) electrons. The van der Waals surface area contributed by atoms with Gasteiger partial charge in [0.05, 0.1) is 0 Å². The van der Waals surface area contributed by atoms with E-state index in [0.717, 1.165) is 35.6 Å². The number of hydrogen-bond donors (Lipinski definition) is 1. The van der Waals surface area contributed by atoms with Crippen LogP contribution in [0, 0.1) is 5.82 Å². The molecule has 0 saturated carbocycles. The Morgan fingerprint density at radius 1 is 1.53 bits per heavy atom. The van der Waals surface area contributed by atoms with Crippen molar-refractivity contribution >= 4 is 11.8 Å². The lowest BCUT2D eigenvalue weighted by Crippen LogP contribution is -2.21. The second-order valence-corrected chi connectivity index (χ2v) is 4.86. The summed E-state index contributed by atoms with van der Waals surface area (Å²) in [6.45, 7) is 3.03. The molecule has 1 aliphatic rings. The van der Waals surface area contributed by atoms with Gasteiger partial charge in [0.15, 0.2) is 0 Å². The van der Waals surface area contributed by atoms with Crippen LogP contribution in [0.4, 0.5) is 4.39 Å². The minimum atomic E-state index is -0.0511. The van der Waals surface area contributed by atoms with Crippen molar-refractivity contribution in [2.75, 3.05) is 12.3 Å². The number of hydrogen-bond acceptors (Lipinski definition) is 2. The smallest absolute Gasteiger partial charge is 0.127 e. The molecule has 1 aliphatic heterocycles. The van der Waals surface area contributed by atoms with Gasteiger partial charge >= 0.3 is 0 Å². The van der Waals surface area contributed by atoms with E-state index in [9.17, 15) is 4.39 Å². The zero-order chi connectivity index (χ0) is 10.7. The van der Waals surface area contributed by atoms with Crippen LogP contribution in [0.15, 0.2) is 18.2 Å². The first-order chi connectivity index (χ1) is 7.33. The first-order valence-electron chi connectivity index (χ1n) is 5.41. The maximum Gasteiger partial charge on any atom is 0.127 e. The molecular formula is C12H16FNS. The number of nitrogens with one attached hydrogen (secondary N) is 1. The molecule has 1 atom stereocenters. The maximum absolute atomic E-state index is 13.6. The number of thioether (sulfide) groups is 1. The van der Waals surface area contributed by atoms with Gasteiger partial charge in [-0.15, -0.1) is 0 Å². The van der Waals surface area contributed by atoms with Gasteiger partial charge in [-0.1, -0.05) is 19.1 Å². The minimum absolute atomic E-state index is 0.0511. The van der Waals surface area contributed by atoms with E-state index in [2.05, 4.69) is 18.3 Å². The van der Waals surface area contributed by atoms with E-state index in [1.807, 2.05) is 17.8 Å². The van der Waals surface area contributed by atoms with Crippen LogP contribution in [-0.2, 0) is 5.75 Å².